The largest absolute Gasteiger partial charge is 0.333 e. The molecule has 23 heavy (non-hydrogen) atoms. The Kier molecular flexibility index (Phi) is 5.69. The molecule has 0 bridgehead atoms. The van der Waals surface area contributed by atoms with E-state index in [1.54, 1.807) is 13.1 Å². The Morgan fingerprint density at radius 2 is 1.70 bits per heavy atom. The van der Waals surface area contributed by atoms with Crippen molar-refractivity contribution in [2.75, 3.05) is 18.9 Å². The van der Waals surface area contributed by atoms with Gasteiger partial charge in [0.15, 0.2) is 0 Å². The molecule has 0 aliphatic carbocycles. The molecule has 1 N–H and O–H groups in total. The van der Waals surface area contributed by atoms with Crippen LogP contribution in [0.3, 0.4) is 0 Å². The van der Waals surface area contributed by atoms with Gasteiger partial charge in [-0.2, -0.15) is 0 Å². The fourth-order valence-electron chi connectivity index (χ4n) is 1.99. The normalized spacial score (nSPS) is 10.5. The van der Waals surface area contributed by atoms with Crippen molar-refractivity contribution in [3.63, 3.8) is 0 Å². The molecule has 0 aliphatic heterocycles. The van der Waals surface area contributed by atoms with Gasteiger partial charge < -0.3 is 10.2 Å². The number of aryl methyl sites for hydroxylation is 1. The Morgan fingerprint density at radius 3 is 2.35 bits per heavy atom. The molecule has 0 aromatic heterocycles. The molecule has 2 rings (SSSR count). The second-order valence-electron chi connectivity index (χ2n) is 5.35. The zero-order valence-electron chi connectivity index (χ0n) is 13.3. The number of amides is 2. The van der Waals surface area contributed by atoms with Crippen LogP contribution in [0.2, 0.25) is 0 Å². The van der Waals surface area contributed by atoms with E-state index in [9.17, 15) is 9.59 Å². The third kappa shape index (κ3) is 5.43. The quantitative estimate of drug-likeness (QED) is 0.863. The first kappa shape index (κ1) is 16.5. The first-order valence-corrected chi connectivity index (χ1v) is 7.39. The van der Waals surface area contributed by atoms with E-state index >= 15 is 0 Å². The van der Waals surface area contributed by atoms with Crippen molar-refractivity contribution < 1.29 is 9.59 Å². The van der Waals surface area contributed by atoms with Gasteiger partial charge in [0.05, 0.1) is 6.54 Å². The fraction of sp³-hybridized carbons (Fsp3) is 0.158. The smallest absolute Gasteiger partial charge is 0.246 e. The van der Waals surface area contributed by atoms with E-state index in [-0.39, 0.29) is 18.4 Å². The molecule has 0 aliphatic rings. The summed E-state index contributed by atoms with van der Waals surface area (Å²) in [5.74, 6) is -0.439. The summed E-state index contributed by atoms with van der Waals surface area (Å²) in [6, 6.07) is 17.1. The molecule has 2 amide bonds. The van der Waals surface area contributed by atoms with Crippen LogP contribution in [0.5, 0.6) is 0 Å². The molecule has 0 spiro atoms. The molecule has 0 saturated carbocycles. The van der Waals surface area contributed by atoms with Gasteiger partial charge in [-0.25, -0.2) is 0 Å². The Hall–Kier alpha value is -2.88. The Morgan fingerprint density at radius 1 is 1.04 bits per heavy atom. The number of carbonyl (C=O) groups is 2. The predicted octanol–water partition coefficient (Wildman–Crippen LogP) is 3.11. The van der Waals surface area contributed by atoms with Gasteiger partial charge in [0, 0.05) is 18.8 Å². The van der Waals surface area contributed by atoms with E-state index < -0.39 is 0 Å². The highest BCUT2D eigenvalue weighted by atomic mass is 16.2. The lowest BCUT2D eigenvalue weighted by molar-refractivity contribution is -0.129. The van der Waals surface area contributed by atoms with Crippen LogP contribution in [0.25, 0.3) is 6.08 Å². The van der Waals surface area contributed by atoms with Gasteiger partial charge in [0.25, 0.3) is 0 Å². The molecular formula is C19H20N2O2. The SMILES string of the molecule is Cc1ccc(NC(=O)CN(C)C(=O)C=Cc2ccccc2)cc1. The Bertz CT molecular complexity index is 691. The monoisotopic (exact) mass is 308 g/mol. The van der Waals surface area contributed by atoms with Crippen molar-refractivity contribution in [1.82, 2.24) is 4.90 Å². The lowest BCUT2D eigenvalue weighted by Gasteiger charge is -2.15. The maximum atomic E-state index is 12.0. The Labute approximate surface area is 136 Å². The molecule has 0 heterocycles. The highest BCUT2D eigenvalue weighted by molar-refractivity contribution is 5.97. The van der Waals surface area contributed by atoms with Crippen molar-refractivity contribution >= 4 is 23.6 Å². The highest BCUT2D eigenvalue weighted by Crippen LogP contribution is 2.08. The minimum absolute atomic E-state index is 0.00579. The van der Waals surface area contributed by atoms with E-state index in [1.165, 1.54) is 11.0 Å². The molecule has 0 radical (unpaired) electrons. The molecular weight excluding hydrogens is 288 g/mol. The molecule has 0 fully saturated rings. The molecule has 0 atom stereocenters. The average molecular weight is 308 g/mol. The van der Waals surface area contributed by atoms with E-state index in [1.807, 2.05) is 61.5 Å². The lowest BCUT2D eigenvalue weighted by Crippen LogP contribution is -2.33. The summed E-state index contributed by atoms with van der Waals surface area (Å²) in [4.78, 5) is 25.3. The second-order valence-corrected chi connectivity index (χ2v) is 5.35. The maximum Gasteiger partial charge on any atom is 0.246 e. The van der Waals surface area contributed by atoms with E-state index in [0.717, 1.165) is 16.8 Å². The topological polar surface area (TPSA) is 49.4 Å². The minimum Gasteiger partial charge on any atom is -0.333 e. The summed E-state index contributed by atoms with van der Waals surface area (Å²) >= 11 is 0. The third-order valence-corrected chi connectivity index (χ3v) is 3.31. The standard InChI is InChI=1S/C19H20N2O2/c1-15-8-11-17(12-9-15)20-18(22)14-21(2)19(23)13-10-16-6-4-3-5-7-16/h3-13H,14H2,1-2H3,(H,20,22). The van der Waals surface area contributed by atoms with Crippen LogP contribution in [0.15, 0.2) is 60.7 Å². The summed E-state index contributed by atoms with van der Waals surface area (Å²) in [6.45, 7) is 1.99. The van der Waals surface area contributed by atoms with Crippen LogP contribution >= 0.6 is 0 Å². The zero-order chi connectivity index (χ0) is 16.7. The number of benzene rings is 2. The maximum absolute atomic E-state index is 12.0. The average Bonchev–Trinajstić information content (AvgIpc) is 2.55. The zero-order valence-corrected chi connectivity index (χ0v) is 13.3. The van der Waals surface area contributed by atoms with Crippen LogP contribution in [0, 0.1) is 6.92 Å². The number of hydrogen-bond acceptors (Lipinski definition) is 2. The number of nitrogens with zero attached hydrogens (tertiary/aromatic N) is 1. The second kappa shape index (κ2) is 7.94. The van der Waals surface area contributed by atoms with Crippen LogP contribution in [-0.2, 0) is 9.59 Å². The van der Waals surface area contributed by atoms with Gasteiger partial charge in [-0.15, -0.1) is 0 Å². The van der Waals surface area contributed by atoms with Crippen LogP contribution in [0.4, 0.5) is 5.69 Å². The van der Waals surface area contributed by atoms with Gasteiger partial charge in [0.2, 0.25) is 11.8 Å². The molecule has 4 nitrogen and oxygen atoms in total. The molecule has 4 heteroatoms. The Balaban J connectivity index is 1.86. The molecule has 2 aromatic carbocycles. The summed E-state index contributed by atoms with van der Waals surface area (Å²) in [6.07, 6.45) is 3.20. The van der Waals surface area contributed by atoms with Crippen molar-refractivity contribution in [1.29, 1.82) is 0 Å². The highest BCUT2D eigenvalue weighted by Gasteiger charge is 2.10. The number of rotatable bonds is 5. The number of likely N-dealkylation sites (N-methyl/N-ethyl adjacent to an activating group) is 1. The fourth-order valence-corrected chi connectivity index (χ4v) is 1.99. The van der Waals surface area contributed by atoms with Gasteiger partial charge in [-0.3, -0.25) is 9.59 Å². The number of anilines is 1. The third-order valence-electron chi connectivity index (χ3n) is 3.31. The van der Waals surface area contributed by atoms with Gasteiger partial charge in [-0.05, 0) is 30.7 Å². The van der Waals surface area contributed by atoms with E-state index in [4.69, 9.17) is 0 Å². The number of hydrogen-bond donors (Lipinski definition) is 1. The molecule has 2 aromatic rings. The molecule has 0 unspecified atom stereocenters. The van der Waals surface area contributed by atoms with Crippen molar-refractivity contribution in [2.45, 2.75) is 6.92 Å². The van der Waals surface area contributed by atoms with Gasteiger partial charge in [-0.1, -0.05) is 48.0 Å². The molecule has 118 valence electrons. The summed E-state index contributed by atoms with van der Waals surface area (Å²) in [5.41, 5.74) is 2.79. The number of nitrogens with one attached hydrogen (secondary N) is 1. The molecule has 0 saturated heterocycles. The first-order valence-electron chi connectivity index (χ1n) is 7.39. The van der Waals surface area contributed by atoms with Gasteiger partial charge in [0.1, 0.15) is 0 Å². The van der Waals surface area contributed by atoms with E-state index in [0.29, 0.717) is 0 Å². The van der Waals surface area contributed by atoms with Crippen molar-refractivity contribution in [3.8, 4) is 0 Å². The minimum atomic E-state index is -0.224. The van der Waals surface area contributed by atoms with E-state index in [2.05, 4.69) is 5.32 Å². The van der Waals surface area contributed by atoms with Crippen LogP contribution < -0.4 is 5.32 Å². The van der Waals surface area contributed by atoms with Crippen LogP contribution in [-0.4, -0.2) is 30.3 Å². The predicted molar refractivity (Wildman–Crippen MR) is 92.9 cm³/mol. The van der Waals surface area contributed by atoms with Gasteiger partial charge >= 0.3 is 0 Å². The number of carbonyl (C=O) groups excluding carboxylic acids is 2. The summed E-state index contributed by atoms with van der Waals surface area (Å²) in [5, 5.41) is 2.77. The van der Waals surface area contributed by atoms with Crippen LogP contribution in [0.1, 0.15) is 11.1 Å². The van der Waals surface area contributed by atoms with Crippen molar-refractivity contribution in [3.05, 3.63) is 71.8 Å². The lowest BCUT2D eigenvalue weighted by atomic mass is 10.2. The summed E-state index contributed by atoms with van der Waals surface area (Å²) in [7, 11) is 1.60. The first-order chi connectivity index (χ1) is 11.0. The summed E-state index contributed by atoms with van der Waals surface area (Å²) < 4.78 is 0. The van der Waals surface area contributed by atoms with Crippen molar-refractivity contribution in [2.24, 2.45) is 0 Å².